The van der Waals surface area contributed by atoms with E-state index in [2.05, 4.69) is 32.3 Å². The first-order chi connectivity index (χ1) is 8.45. The van der Waals surface area contributed by atoms with Crippen LogP contribution in [0.3, 0.4) is 0 Å². The molecule has 0 unspecified atom stereocenters. The van der Waals surface area contributed by atoms with E-state index in [0.717, 1.165) is 29.4 Å². The molecule has 0 spiro atoms. The van der Waals surface area contributed by atoms with Crippen LogP contribution < -0.4 is 5.73 Å². The molecule has 1 aromatic heterocycles. The van der Waals surface area contributed by atoms with Crippen molar-refractivity contribution in [1.29, 1.82) is 0 Å². The molecule has 2 N–H and O–H groups in total. The zero-order chi connectivity index (χ0) is 13.3. The van der Waals surface area contributed by atoms with Gasteiger partial charge >= 0.3 is 0 Å². The number of aromatic nitrogens is 2. The smallest absolute Gasteiger partial charge is 0.127 e. The van der Waals surface area contributed by atoms with E-state index in [1.54, 1.807) is 0 Å². The maximum Gasteiger partial charge on any atom is 0.127 e. The number of thioether (sulfide) groups is 1. The van der Waals surface area contributed by atoms with Crippen molar-refractivity contribution in [1.82, 2.24) is 9.55 Å². The molecule has 1 aliphatic carbocycles. The topological polar surface area (TPSA) is 43.8 Å². The zero-order valence-electron chi connectivity index (χ0n) is 12.0. The lowest BCUT2D eigenvalue weighted by Crippen LogP contribution is -2.25. The number of rotatable bonds is 5. The third-order valence-corrected chi connectivity index (χ3v) is 4.22. The zero-order valence-corrected chi connectivity index (χ0v) is 12.8. The summed E-state index contributed by atoms with van der Waals surface area (Å²) in [5, 5.41) is 0. The van der Waals surface area contributed by atoms with Gasteiger partial charge in [0.15, 0.2) is 0 Å². The minimum absolute atomic E-state index is 0.0329. The predicted octanol–water partition coefficient (Wildman–Crippen LogP) is 3.39. The number of hydrogen-bond acceptors (Lipinski definition) is 3. The Hall–Kier alpha value is -0.640. The lowest BCUT2D eigenvalue weighted by molar-refractivity contribution is 0.388. The SMILES string of the molecule is CCSCCc1nc(C2CC2)n(C(C)(C)C)c1N. The average molecular weight is 267 g/mol. The van der Waals surface area contributed by atoms with E-state index in [1.807, 2.05) is 11.8 Å². The highest BCUT2D eigenvalue weighted by molar-refractivity contribution is 7.99. The fraction of sp³-hybridized carbons (Fsp3) is 0.786. The summed E-state index contributed by atoms with van der Waals surface area (Å²) in [7, 11) is 0. The molecule has 1 aliphatic rings. The Labute approximate surface area is 115 Å². The number of anilines is 1. The van der Waals surface area contributed by atoms with Gasteiger partial charge in [-0.25, -0.2) is 4.98 Å². The first-order valence-electron chi connectivity index (χ1n) is 6.90. The summed E-state index contributed by atoms with van der Waals surface area (Å²) < 4.78 is 2.26. The number of nitrogens with zero attached hydrogens (tertiary/aromatic N) is 2. The average Bonchev–Trinajstić information content (AvgIpc) is 3.04. The quantitative estimate of drug-likeness (QED) is 0.832. The molecule has 0 bridgehead atoms. The van der Waals surface area contributed by atoms with Crippen LogP contribution in [-0.4, -0.2) is 21.1 Å². The molecule has 0 amide bonds. The molecule has 18 heavy (non-hydrogen) atoms. The van der Waals surface area contributed by atoms with Gasteiger partial charge < -0.3 is 10.3 Å². The molecule has 0 saturated heterocycles. The summed E-state index contributed by atoms with van der Waals surface area (Å²) in [6.45, 7) is 8.82. The molecule has 1 saturated carbocycles. The van der Waals surface area contributed by atoms with Gasteiger partial charge in [-0.1, -0.05) is 6.92 Å². The summed E-state index contributed by atoms with van der Waals surface area (Å²) in [5.74, 6) is 5.04. The van der Waals surface area contributed by atoms with E-state index in [0.29, 0.717) is 5.92 Å². The summed E-state index contributed by atoms with van der Waals surface area (Å²) in [6.07, 6.45) is 3.54. The number of nitrogen functional groups attached to an aromatic ring is 1. The van der Waals surface area contributed by atoms with Gasteiger partial charge in [-0.15, -0.1) is 0 Å². The fourth-order valence-corrected chi connectivity index (χ4v) is 2.94. The van der Waals surface area contributed by atoms with Crippen LogP contribution in [0.4, 0.5) is 5.82 Å². The number of nitrogens with two attached hydrogens (primary N) is 1. The fourth-order valence-electron chi connectivity index (χ4n) is 2.32. The minimum atomic E-state index is 0.0329. The standard InChI is InChI=1S/C14H25N3S/c1-5-18-9-8-11-12(15)17(14(2,3)4)13(16-11)10-6-7-10/h10H,5-9,15H2,1-4H3. The summed E-state index contributed by atoms with van der Waals surface area (Å²) >= 11 is 1.95. The second-order valence-electron chi connectivity index (χ2n) is 6.03. The van der Waals surface area contributed by atoms with Gasteiger partial charge in [-0.3, -0.25) is 0 Å². The third kappa shape index (κ3) is 2.85. The molecule has 4 heteroatoms. The van der Waals surface area contributed by atoms with Crippen molar-refractivity contribution >= 4 is 17.6 Å². The van der Waals surface area contributed by atoms with E-state index >= 15 is 0 Å². The molecule has 0 aliphatic heterocycles. The van der Waals surface area contributed by atoms with Crippen molar-refractivity contribution < 1.29 is 0 Å². The second-order valence-corrected chi connectivity index (χ2v) is 7.42. The molecule has 1 heterocycles. The van der Waals surface area contributed by atoms with Crippen LogP contribution in [0.15, 0.2) is 0 Å². The van der Waals surface area contributed by atoms with Gasteiger partial charge in [-0.05, 0) is 45.1 Å². The first kappa shape index (κ1) is 13.8. The van der Waals surface area contributed by atoms with E-state index in [9.17, 15) is 0 Å². The Balaban J connectivity index is 2.26. The lowest BCUT2D eigenvalue weighted by atomic mass is 10.1. The molecule has 3 nitrogen and oxygen atoms in total. The van der Waals surface area contributed by atoms with Crippen molar-refractivity contribution in [2.45, 2.75) is 58.4 Å². The maximum absolute atomic E-state index is 6.33. The van der Waals surface area contributed by atoms with Crippen LogP contribution in [-0.2, 0) is 12.0 Å². The maximum atomic E-state index is 6.33. The van der Waals surface area contributed by atoms with Gasteiger partial charge in [0.25, 0.3) is 0 Å². The van der Waals surface area contributed by atoms with Crippen LogP contribution in [0.5, 0.6) is 0 Å². The molecular formula is C14H25N3S. The van der Waals surface area contributed by atoms with Gasteiger partial charge in [0.2, 0.25) is 0 Å². The molecule has 1 aromatic rings. The van der Waals surface area contributed by atoms with Crippen molar-refractivity contribution in [2.24, 2.45) is 0 Å². The molecule has 2 rings (SSSR count). The van der Waals surface area contributed by atoms with E-state index in [1.165, 1.54) is 18.7 Å². The lowest BCUT2D eigenvalue weighted by Gasteiger charge is -2.25. The minimum Gasteiger partial charge on any atom is -0.384 e. The van der Waals surface area contributed by atoms with Gasteiger partial charge in [0, 0.05) is 17.9 Å². The van der Waals surface area contributed by atoms with Crippen molar-refractivity contribution in [3.8, 4) is 0 Å². The molecule has 0 aromatic carbocycles. The van der Waals surface area contributed by atoms with E-state index < -0.39 is 0 Å². The van der Waals surface area contributed by atoms with Gasteiger partial charge in [-0.2, -0.15) is 11.8 Å². The number of hydrogen-bond donors (Lipinski definition) is 1. The van der Waals surface area contributed by atoms with Crippen molar-refractivity contribution in [3.05, 3.63) is 11.5 Å². The molecule has 1 fully saturated rings. The van der Waals surface area contributed by atoms with Crippen molar-refractivity contribution in [3.63, 3.8) is 0 Å². The third-order valence-electron chi connectivity index (χ3n) is 3.32. The molecular weight excluding hydrogens is 242 g/mol. The van der Waals surface area contributed by atoms with E-state index in [4.69, 9.17) is 10.7 Å². The molecule has 0 atom stereocenters. The van der Waals surface area contributed by atoms with Gasteiger partial charge in [0.1, 0.15) is 11.6 Å². The first-order valence-corrected chi connectivity index (χ1v) is 8.05. The summed E-state index contributed by atoms with van der Waals surface area (Å²) in [6, 6.07) is 0. The normalized spacial score (nSPS) is 16.2. The Morgan fingerprint density at radius 1 is 1.39 bits per heavy atom. The monoisotopic (exact) mass is 267 g/mol. The van der Waals surface area contributed by atoms with Crippen LogP contribution in [0, 0.1) is 0 Å². The molecule has 0 radical (unpaired) electrons. The Kier molecular flexibility index (Phi) is 3.95. The highest BCUT2D eigenvalue weighted by Gasteiger charge is 2.33. The Morgan fingerprint density at radius 2 is 2.06 bits per heavy atom. The van der Waals surface area contributed by atoms with Crippen molar-refractivity contribution in [2.75, 3.05) is 17.2 Å². The highest BCUT2D eigenvalue weighted by atomic mass is 32.2. The number of aryl methyl sites for hydroxylation is 1. The highest BCUT2D eigenvalue weighted by Crippen LogP contribution is 2.42. The van der Waals surface area contributed by atoms with Crippen LogP contribution in [0.25, 0.3) is 0 Å². The molecule has 102 valence electrons. The van der Waals surface area contributed by atoms with Crippen LogP contribution in [0.2, 0.25) is 0 Å². The van der Waals surface area contributed by atoms with Crippen LogP contribution in [0.1, 0.15) is 58.0 Å². The summed E-state index contributed by atoms with van der Waals surface area (Å²) in [5.41, 5.74) is 7.47. The summed E-state index contributed by atoms with van der Waals surface area (Å²) in [4.78, 5) is 4.83. The van der Waals surface area contributed by atoms with E-state index in [-0.39, 0.29) is 5.54 Å². The van der Waals surface area contributed by atoms with Crippen LogP contribution >= 0.6 is 11.8 Å². The number of imidazole rings is 1. The Bertz CT molecular complexity index is 413. The predicted molar refractivity (Wildman–Crippen MR) is 80.3 cm³/mol. The largest absolute Gasteiger partial charge is 0.384 e. The Morgan fingerprint density at radius 3 is 2.56 bits per heavy atom. The second kappa shape index (κ2) is 5.16. The van der Waals surface area contributed by atoms with Gasteiger partial charge in [0.05, 0.1) is 5.69 Å².